The van der Waals surface area contributed by atoms with Crippen molar-refractivity contribution in [2.75, 3.05) is 26.7 Å². The molecule has 0 spiro atoms. The highest BCUT2D eigenvalue weighted by Crippen LogP contribution is 2.47. The van der Waals surface area contributed by atoms with Gasteiger partial charge in [0, 0.05) is 31.1 Å². The van der Waals surface area contributed by atoms with E-state index in [0.29, 0.717) is 18.0 Å². The number of hydrogen-bond donors (Lipinski definition) is 0. The molecule has 0 saturated carbocycles. The minimum absolute atomic E-state index is 0.609. The minimum atomic E-state index is 0.609. The Balaban J connectivity index is 1.46. The van der Waals surface area contributed by atoms with E-state index >= 15 is 0 Å². The molecule has 0 N–H and O–H groups in total. The predicted octanol–water partition coefficient (Wildman–Crippen LogP) is 3.76. The Hall–Kier alpha value is -1.84. The molecule has 0 aromatic heterocycles. The molecule has 2 aromatic rings. The van der Waals surface area contributed by atoms with E-state index in [1.807, 2.05) is 0 Å². The molecule has 0 radical (unpaired) electrons. The van der Waals surface area contributed by atoms with Crippen molar-refractivity contribution >= 4 is 0 Å². The van der Waals surface area contributed by atoms with Gasteiger partial charge in [-0.3, -0.25) is 9.80 Å². The highest BCUT2D eigenvalue weighted by Gasteiger charge is 2.53. The summed E-state index contributed by atoms with van der Waals surface area (Å²) in [4.78, 5) is 5.56. The van der Waals surface area contributed by atoms with E-state index in [-0.39, 0.29) is 0 Å². The summed E-state index contributed by atoms with van der Waals surface area (Å²) in [5, 5.41) is 0. The maximum atomic E-state index is 5.37. The topological polar surface area (TPSA) is 15.7 Å². The molecule has 4 aliphatic rings. The van der Waals surface area contributed by atoms with Crippen molar-refractivity contribution in [1.29, 1.82) is 0 Å². The fourth-order valence-electron chi connectivity index (χ4n) is 5.68. The van der Waals surface area contributed by atoms with Gasteiger partial charge >= 0.3 is 0 Å². The van der Waals surface area contributed by atoms with Gasteiger partial charge in [-0.25, -0.2) is 0 Å². The number of likely N-dealkylation sites (tertiary alicyclic amines) is 1. The summed E-state index contributed by atoms with van der Waals surface area (Å²) in [5.41, 5.74) is 2.92. The number of ether oxygens (including phenoxy) is 1. The van der Waals surface area contributed by atoms with Crippen LogP contribution < -0.4 is 4.74 Å². The zero-order valence-corrected chi connectivity index (χ0v) is 15.6. The van der Waals surface area contributed by atoms with E-state index in [1.54, 1.807) is 7.11 Å². The number of piperidine rings is 3. The fourth-order valence-corrected chi connectivity index (χ4v) is 5.68. The molecule has 3 heteroatoms. The van der Waals surface area contributed by atoms with E-state index in [2.05, 4.69) is 64.4 Å². The molecule has 136 valence electrons. The lowest BCUT2D eigenvalue weighted by molar-refractivity contribution is -0.00869. The fraction of sp³-hybridized carbons (Fsp3) is 0.478. The van der Waals surface area contributed by atoms with Gasteiger partial charge in [-0.15, -0.1) is 0 Å². The molecule has 2 bridgehead atoms. The van der Waals surface area contributed by atoms with Crippen molar-refractivity contribution < 1.29 is 4.74 Å². The Morgan fingerprint density at radius 1 is 0.923 bits per heavy atom. The highest BCUT2D eigenvalue weighted by atomic mass is 16.5. The minimum Gasteiger partial charge on any atom is -0.497 e. The quantitative estimate of drug-likeness (QED) is 0.837. The molecule has 6 rings (SSSR count). The Morgan fingerprint density at radius 2 is 1.65 bits per heavy atom. The lowest BCUT2D eigenvalue weighted by Crippen LogP contribution is -2.59. The largest absolute Gasteiger partial charge is 0.497 e. The van der Waals surface area contributed by atoms with Crippen LogP contribution >= 0.6 is 0 Å². The van der Waals surface area contributed by atoms with E-state index in [1.165, 1.54) is 43.6 Å². The summed E-state index contributed by atoms with van der Waals surface area (Å²) in [6.07, 6.45) is 2.75. The lowest BCUT2D eigenvalue weighted by Gasteiger charge is -2.51. The van der Waals surface area contributed by atoms with Gasteiger partial charge in [-0.05, 0) is 55.1 Å². The van der Waals surface area contributed by atoms with Crippen LogP contribution in [0.4, 0.5) is 0 Å². The Kier molecular flexibility index (Phi) is 4.22. The van der Waals surface area contributed by atoms with E-state index in [9.17, 15) is 0 Å². The first-order valence-corrected chi connectivity index (χ1v) is 9.99. The average Bonchev–Trinajstić information content (AvgIpc) is 3.11. The second-order valence-corrected chi connectivity index (χ2v) is 8.15. The third-order valence-corrected chi connectivity index (χ3v) is 6.87. The number of methoxy groups -OCH3 is 1. The van der Waals surface area contributed by atoms with Gasteiger partial charge < -0.3 is 4.74 Å². The van der Waals surface area contributed by atoms with Crippen molar-refractivity contribution in [2.45, 2.75) is 37.4 Å². The summed E-state index contributed by atoms with van der Waals surface area (Å²) in [7, 11) is 1.74. The van der Waals surface area contributed by atoms with E-state index in [0.717, 1.165) is 18.2 Å². The van der Waals surface area contributed by atoms with E-state index < -0.39 is 0 Å². The first-order valence-electron chi connectivity index (χ1n) is 9.99. The Bertz CT molecular complexity index is 737. The number of nitrogens with zero attached hydrogens (tertiary/aromatic N) is 2. The summed E-state index contributed by atoms with van der Waals surface area (Å²) in [6, 6.07) is 21.2. The normalized spacial score (nSPS) is 33.2. The van der Waals surface area contributed by atoms with Crippen LogP contribution in [0.15, 0.2) is 54.6 Å². The third kappa shape index (κ3) is 2.74. The third-order valence-electron chi connectivity index (χ3n) is 6.87. The summed E-state index contributed by atoms with van der Waals surface area (Å²) >= 11 is 0. The number of fused-ring (bicyclic) bond motifs is 2. The lowest BCUT2D eigenvalue weighted by atomic mass is 9.75. The molecular weight excluding hydrogens is 320 g/mol. The molecule has 0 unspecified atom stereocenters. The van der Waals surface area contributed by atoms with Crippen molar-refractivity contribution in [3.05, 3.63) is 65.7 Å². The molecule has 26 heavy (non-hydrogen) atoms. The monoisotopic (exact) mass is 348 g/mol. The molecule has 2 aromatic carbocycles. The van der Waals surface area contributed by atoms with Gasteiger partial charge in [0.1, 0.15) is 5.75 Å². The first-order chi connectivity index (χ1) is 12.8. The van der Waals surface area contributed by atoms with E-state index in [4.69, 9.17) is 4.74 Å². The molecule has 4 fully saturated rings. The molecule has 3 atom stereocenters. The SMILES string of the molecule is COc1ccc([C@@H]2CN(Cc3ccccc3)[C@@H]3C4CCN(CC4)[C@@H]32)cc1. The summed E-state index contributed by atoms with van der Waals surface area (Å²) < 4.78 is 5.37. The Morgan fingerprint density at radius 3 is 2.35 bits per heavy atom. The van der Waals surface area contributed by atoms with Crippen LogP contribution in [0.5, 0.6) is 5.75 Å². The average molecular weight is 348 g/mol. The molecule has 4 aliphatic heterocycles. The summed E-state index contributed by atoms with van der Waals surface area (Å²) in [6.45, 7) is 4.83. The van der Waals surface area contributed by atoms with Gasteiger partial charge in [0.25, 0.3) is 0 Å². The van der Waals surface area contributed by atoms with Crippen LogP contribution in [0.1, 0.15) is 29.9 Å². The number of hydrogen-bond acceptors (Lipinski definition) is 3. The molecule has 3 nitrogen and oxygen atoms in total. The number of rotatable bonds is 4. The van der Waals surface area contributed by atoms with Gasteiger partial charge in [-0.1, -0.05) is 42.5 Å². The van der Waals surface area contributed by atoms with Crippen LogP contribution in [-0.2, 0) is 6.54 Å². The number of benzene rings is 2. The van der Waals surface area contributed by atoms with Crippen molar-refractivity contribution in [1.82, 2.24) is 9.80 Å². The molecule has 4 saturated heterocycles. The Labute approximate surface area is 156 Å². The van der Waals surface area contributed by atoms with Crippen molar-refractivity contribution in [2.24, 2.45) is 5.92 Å². The standard InChI is InChI=1S/C23H28N2O/c1-26-20-9-7-18(8-10-20)21-16-25(15-17-5-3-2-4-6-17)22-19-11-13-24(14-12-19)23(21)22/h2-10,19,21-23H,11-16H2,1H3/t21-,22+,23+/m0/s1. The van der Waals surface area contributed by atoms with Crippen molar-refractivity contribution in [3.63, 3.8) is 0 Å². The molecule has 0 amide bonds. The highest BCUT2D eigenvalue weighted by molar-refractivity contribution is 5.33. The second kappa shape index (κ2) is 6.71. The van der Waals surface area contributed by atoms with Gasteiger partial charge in [0.15, 0.2) is 0 Å². The molecular formula is C23H28N2O. The smallest absolute Gasteiger partial charge is 0.118 e. The van der Waals surface area contributed by atoms with Gasteiger partial charge in [0.05, 0.1) is 7.11 Å². The van der Waals surface area contributed by atoms with Crippen LogP contribution in [-0.4, -0.2) is 48.6 Å². The zero-order valence-electron chi connectivity index (χ0n) is 15.6. The van der Waals surface area contributed by atoms with Crippen molar-refractivity contribution in [3.8, 4) is 5.75 Å². The zero-order chi connectivity index (χ0) is 17.5. The van der Waals surface area contributed by atoms with Crippen LogP contribution in [0.2, 0.25) is 0 Å². The molecule has 0 aliphatic carbocycles. The second-order valence-electron chi connectivity index (χ2n) is 8.15. The van der Waals surface area contributed by atoms with Crippen LogP contribution in [0, 0.1) is 5.92 Å². The maximum Gasteiger partial charge on any atom is 0.118 e. The maximum absolute atomic E-state index is 5.37. The van der Waals surface area contributed by atoms with Crippen LogP contribution in [0.3, 0.4) is 0 Å². The van der Waals surface area contributed by atoms with Crippen LogP contribution in [0.25, 0.3) is 0 Å². The predicted molar refractivity (Wildman–Crippen MR) is 104 cm³/mol. The first kappa shape index (κ1) is 16.3. The van der Waals surface area contributed by atoms with Gasteiger partial charge in [0.2, 0.25) is 0 Å². The summed E-state index contributed by atoms with van der Waals surface area (Å²) in [5.74, 6) is 2.43. The molecule has 4 heterocycles. The van der Waals surface area contributed by atoms with Gasteiger partial charge in [-0.2, -0.15) is 0 Å².